The Morgan fingerprint density at radius 3 is 2.37 bits per heavy atom. The second kappa shape index (κ2) is 5.19. The van der Waals surface area contributed by atoms with Crippen LogP contribution >= 0.6 is 0 Å². The molecule has 4 nitrogen and oxygen atoms in total. The molecule has 1 fully saturated rings. The summed E-state index contributed by atoms with van der Waals surface area (Å²) in [6, 6.07) is 4.25. The van der Waals surface area contributed by atoms with Crippen LogP contribution in [0.4, 0.5) is 5.82 Å². The van der Waals surface area contributed by atoms with Gasteiger partial charge in [0.25, 0.3) is 0 Å². The smallest absolute Gasteiger partial charge is 0.219 e. The molecule has 104 valence electrons. The van der Waals surface area contributed by atoms with E-state index in [4.69, 9.17) is 0 Å². The van der Waals surface area contributed by atoms with E-state index in [0.717, 1.165) is 32.0 Å². The third-order valence-electron chi connectivity index (χ3n) is 3.66. The van der Waals surface area contributed by atoms with E-state index in [1.54, 1.807) is 6.92 Å². The van der Waals surface area contributed by atoms with Crippen molar-refractivity contribution >= 4 is 11.7 Å². The summed E-state index contributed by atoms with van der Waals surface area (Å²) in [4.78, 5) is 19.9. The van der Waals surface area contributed by atoms with Gasteiger partial charge in [0.2, 0.25) is 5.91 Å². The average molecular weight is 261 g/mol. The van der Waals surface area contributed by atoms with Gasteiger partial charge >= 0.3 is 0 Å². The van der Waals surface area contributed by atoms with Gasteiger partial charge in [-0.1, -0.05) is 20.8 Å². The molecule has 0 saturated carbocycles. The van der Waals surface area contributed by atoms with Gasteiger partial charge in [-0.3, -0.25) is 4.79 Å². The summed E-state index contributed by atoms with van der Waals surface area (Å²) in [6.07, 6.45) is 1.88. The number of carbonyl (C=O) groups is 1. The van der Waals surface area contributed by atoms with E-state index in [9.17, 15) is 4.79 Å². The lowest BCUT2D eigenvalue weighted by atomic mass is 9.88. The molecule has 0 N–H and O–H groups in total. The molecule has 0 atom stereocenters. The molecule has 0 aromatic carbocycles. The molecule has 0 spiro atoms. The molecule has 19 heavy (non-hydrogen) atoms. The zero-order valence-electron chi connectivity index (χ0n) is 12.3. The fourth-order valence-electron chi connectivity index (χ4n) is 2.31. The van der Waals surface area contributed by atoms with Gasteiger partial charge < -0.3 is 9.80 Å². The van der Waals surface area contributed by atoms with E-state index in [1.165, 1.54) is 5.56 Å². The van der Waals surface area contributed by atoms with Gasteiger partial charge in [-0.15, -0.1) is 0 Å². The third kappa shape index (κ3) is 3.25. The molecule has 1 aromatic rings. The predicted octanol–water partition coefficient (Wildman–Crippen LogP) is 2.05. The number of pyridine rings is 1. The Hall–Kier alpha value is -1.58. The minimum Gasteiger partial charge on any atom is -0.353 e. The van der Waals surface area contributed by atoms with Crippen molar-refractivity contribution < 1.29 is 4.79 Å². The molecule has 4 heteroatoms. The maximum absolute atomic E-state index is 11.3. The van der Waals surface area contributed by atoms with Crippen molar-refractivity contribution in [1.29, 1.82) is 0 Å². The zero-order chi connectivity index (χ0) is 14.0. The zero-order valence-corrected chi connectivity index (χ0v) is 12.3. The first-order valence-corrected chi connectivity index (χ1v) is 6.85. The van der Waals surface area contributed by atoms with Crippen LogP contribution in [-0.4, -0.2) is 42.0 Å². The predicted molar refractivity (Wildman–Crippen MR) is 77.4 cm³/mol. The maximum atomic E-state index is 11.3. The van der Waals surface area contributed by atoms with Crippen molar-refractivity contribution in [3.8, 4) is 0 Å². The van der Waals surface area contributed by atoms with Crippen LogP contribution in [0.2, 0.25) is 0 Å². The molecule has 0 unspecified atom stereocenters. The molecule has 1 aliphatic rings. The molecule has 1 aliphatic heterocycles. The molecule has 1 amide bonds. The lowest BCUT2D eigenvalue weighted by molar-refractivity contribution is -0.129. The van der Waals surface area contributed by atoms with Crippen LogP contribution in [-0.2, 0) is 10.2 Å². The molecule has 1 saturated heterocycles. The van der Waals surface area contributed by atoms with Crippen LogP contribution in [0.1, 0.15) is 33.3 Å². The molecule has 1 aromatic heterocycles. The highest BCUT2D eigenvalue weighted by molar-refractivity contribution is 5.73. The average Bonchev–Trinajstić information content (AvgIpc) is 2.38. The number of anilines is 1. The first-order chi connectivity index (χ1) is 8.88. The molecule has 0 bridgehead atoms. The topological polar surface area (TPSA) is 36.4 Å². The van der Waals surface area contributed by atoms with Crippen LogP contribution in [0.15, 0.2) is 18.3 Å². The van der Waals surface area contributed by atoms with Gasteiger partial charge in [0.15, 0.2) is 0 Å². The minimum absolute atomic E-state index is 0.138. The van der Waals surface area contributed by atoms with Crippen molar-refractivity contribution in [3.63, 3.8) is 0 Å². The number of piperazine rings is 1. The quantitative estimate of drug-likeness (QED) is 0.776. The van der Waals surface area contributed by atoms with Crippen LogP contribution in [0.25, 0.3) is 0 Å². The first kappa shape index (κ1) is 13.8. The Morgan fingerprint density at radius 2 is 1.84 bits per heavy atom. The minimum atomic E-state index is 0.138. The van der Waals surface area contributed by atoms with Gasteiger partial charge in [-0.05, 0) is 23.1 Å². The van der Waals surface area contributed by atoms with E-state index >= 15 is 0 Å². The van der Waals surface area contributed by atoms with Crippen molar-refractivity contribution in [1.82, 2.24) is 9.88 Å². The number of hydrogen-bond donors (Lipinski definition) is 0. The second-order valence-electron chi connectivity index (χ2n) is 6.15. The standard InChI is InChI=1S/C15H23N3O/c1-12(19)17-7-9-18(10-8-17)14-11-13(5-6-16-14)15(2,3)4/h5-6,11H,7-10H2,1-4H3. The molecular weight excluding hydrogens is 238 g/mol. The molecular formula is C15H23N3O. The van der Waals surface area contributed by atoms with E-state index in [1.807, 2.05) is 11.1 Å². The molecule has 0 aliphatic carbocycles. The van der Waals surface area contributed by atoms with Gasteiger partial charge in [-0.25, -0.2) is 4.98 Å². The highest BCUT2D eigenvalue weighted by atomic mass is 16.2. The van der Waals surface area contributed by atoms with Crippen LogP contribution in [0, 0.1) is 0 Å². The van der Waals surface area contributed by atoms with Gasteiger partial charge in [0.05, 0.1) is 0 Å². The van der Waals surface area contributed by atoms with Crippen LogP contribution in [0.3, 0.4) is 0 Å². The largest absolute Gasteiger partial charge is 0.353 e. The molecule has 2 heterocycles. The second-order valence-corrected chi connectivity index (χ2v) is 6.15. The summed E-state index contributed by atoms with van der Waals surface area (Å²) < 4.78 is 0. The Bertz CT molecular complexity index is 457. The number of aromatic nitrogens is 1. The summed E-state index contributed by atoms with van der Waals surface area (Å²) in [5.74, 6) is 1.19. The Morgan fingerprint density at radius 1 is 1.21 bits per heavy atom. The van der Waals surface area contributed by atoms with E-state index < -0.39 is 0 Å². The fraction of sp³-hybridized carbons (Fsp3) is 0.600. The van der Waals surface area contributed by atoms with Crippen molar-refractivity contribution in [2.45, 2.75) is 33.1 Å². The highest BCUT2D eigenvalue weighted by Gasteiger charge is 2.21. The van der Waals surface area contributed by atoms with Crippen LogP contribution in [0.5, 0.6) is 0 Å². The first-order valence-electron chi connectivity index (χ1n) is 6.85. The summed E-state index contributed by atoms with van der Waals surface area (Å²) in [5.41, 5.74) is 1.44. The van der Waals surface area contributed by atoms with E-state index in [-0.39, 0.29) is 11.3 Å². The van der Waals surface area contributed by atoms with Gasteiger partial charge in [0.1, 0.15) is 5.82 Å². The Kier molecular flexibility index (Phi) is 3.78. The number of rotatable bonds is 1. The summed E-state index contributed by atoms with van der Waals surface area (Å²) in [6.45, 7) is 11.6. The number of amides is 1. The summed E-state index contributed by atoms with van der Waals surface area (Å²) >= 11 is 0. The number of hydrogen-bond acceptors (Lipinski definition) is 3. The van der Waals surface area contributed by atoms with E-state index in [2.05, 4.69) is 42.8 Å². The van der Waals surface area contributed by atoms with Crippen molar-refractivity contribution in [2.24, 2.45) is 0 Å². The summed E-state index contributed by atoms with van der Waals surface area (Å²) in [5, 5.41) is 0. The summed E-state index contributed by atoms with van der Waals surface area (Å²) in [7, 11) is 0. The monoisotopic (exact) mass is 261 g/mol. The normalized spacial score (nSPS) is 16.6. The SMILES string of the molecule is CC(=O)N1CCN(c2cc(C(C)(C)C)ccn2)CC1. The fourth-order valence-corrected chi connectivity index (χ4v) is 2.31. The van der Waals surface area contributed by atoms with Gasteiger partial charge in [-0.2, -0.15) is 0 Å². The van der Waals surface area contributed by atoms with Gasteiger partial charge in [0, 0.05) is 39.3 Å². The molecule has 0 radical (unpaired) electrons. The van der Waals surface area contributed by atoms with Crippen molar-refractivity contribution in [2.75, 3.05) is 31.1 Å². The third-order valence-corrected chi connectivity index (χ3v) is 3.66. The van der Waals surface area contributed by atoms with E-state index in [0.29, 0.717) is 0 Å². The Labute approximate surface area is 115 Å². The Balaban J connectivity index is 2.10. The van der Waals surface area contributed by atoms with Crippen molar-refractivity contribution in [3.05, 3.63) is 23.9 Å². The highest BCUT2D eigenvalue weighted by Crippen LogP contribution is 2.25. The number of carbonyl (C=O) groups excluding carboxylic acids is 1. The van der Waals surface area contributed by atoms with Crippen LogP contribution < -0.4 is 4.90 Å². The lowest BCUT2D eigenvalue weighted by Gasteiger charge is -2.35. The molecule has 2 rings (SSSR count). The maximum Gasteiger partial charge on any atom is 0.219 e. The lowest BCUT2D eigenvalue weighted by Crippen LogP contribution is -2.48. The number of nitrogens with zero attached hydrogens (tertiary/aromatic N) is 3.